The molecule has 1 aliphatic rings. The molecule has 1 aromatic rings. The summed E-state index contributed by atoms with van der Waals surface area (Å²) in [5, 5.41) is 0. The van der Waals surface area contributed by atoms with E-state index < -0.39 is 0 Å². The lowest BCUT2D eigenvalue weighted by atomic mass is 10.2. The Hall–Kier alpha value is -1.54. The molecule has 2 atom stereocenters. The summed E-state index contributed by atoms with van der Waals surface area (Å²) in [6.07, 6.45) is 2.83. The molecule has 1 N–H and O–H groups in total. The van der Waals surface area contributed by atoms with Crippen LogP contribution >= 0.6 is 12.2 Å². The molecule has 1 saturated heterocycles. The fourth-order valence-corrected chi connectivity index (χ4v) is 2.29. The van der Waals surface area contributed by atoms with Crippen molar-refractivity contribution in [2.75, 3.05) is 13.8 Å². The Morgan fingerprint density at radius 2 is 2.23 bits per heavy atom. The van der Waals surface area contributed by atoms with Crippen LogP contribution in [0.15, 0.2) is 17.1 Å². The van der Waals surface area contributed by atoms with E-state index in [0.29, 0.717) is 11.9 Å². The second kappa shape index (κ2) is 8.79. The van der Waals surface area contributed by atoms with Crippen LogP contribution in [0.3, 0.4) is 0 Å². The van der Waals surface area contributed by atoms with Crippen LogP contribution in [-0.2, 0) is 14.3 Å². The summed E-state index contributed by atoms with van der Waals surface area (Å²) in [6, 6.07) is 1.41. The number of carbonyl (C=O) groups is 1. The van der Waals surface area contributed by atoms with Crippen LogP contribution in [0.1, 0.15) is 32.9 Å². The highest BCUT2D eigenvalue weighted by atomic mass is 32.1. The van der Waals surface area contributed by atoms with Crippen molar-refractivity contribution in [1.82, 2.24) is 9.55 Å². The zero-order chi connectivity index (χ0) is 16.7. The predicted octanol–water partition coefficient (Wildman–Crippen LogP) is 2.37. The van der Waals surface area contributed by atoms with Crippen molar-refractivity contribution in [3.63, 3.8) is 0 Å². The van der Waals surface area contributed by atoms with Crippen molar-refractivity contribution in [2.45, 2.75) is 39.0 Å². The largest absolute Gasteiger partial charge is 0.463 e. The molecule has 0 aromatic carbocycles. The van der Waals surface area contributed by atoms with Crippen LogP contribution in [-0.4, -0.2) is 35.4 Å². The predicted molar refractivity (Wildman–Crippen MR) is 81.9 cm³/mol. The van der Waals surface area contributed by atoms with Gasteiger partial charge in [-0.15, -0.1) is 0 Å². The van der Waals surface area contributed by atoms with Crippen LogP contribution in [0.4, 0.5) is 4.39 Å². The molecule has 1 aliphatic heterocycles. The fourth-order valence-electron chi connectivity index (χ4n) is 2.01. The quantitative estimate of drug-likeness (QED) is 0.677. The van der Waals surface area contributed by atoms with Gasteiger partial charge in [-0.1, -0.05) is 13.8 Å². The summed E-state index contributed by atoms with van der Waals surface area (Å²) in [6.45, 7) is 3.84. The molecule has 2 rings (SSSR count). The van der Waals surface area contributed by atoms with Crippen molar-refractivity contribution in [3.8, 4) is 0 Å². The molecule has 0 radical (unpaired) electrons. The molecule has 2 heterocycles. The Bertz CT molecular complexity index is 599. The molecule has 1 fully saturated rings. The number of carbonyl (C=O) groups excluding carboxylic acids is 1. The van der Waals surface area contributed by atoms with E-state index in [4.69, 9.17) is 21.7 Å². The summed E-state index contributed by atoms with van der Waals surface area (Å²) in [7, 11) is 0.500. The highest BCUT2D eigenvalue weighted by Crippen LogP contribution is 2.28. The van der Waals surface area contributed by atoms with E-state index >= 15 is 0 Å². The highest BCUT2D eigenvalue weighted by Gasteiger charge is 2.27. The van der Waals surface area contributed by atoms with Crippen LogP contribution in [0.25, 0.3) is 0 Å². The molecule has 8 heteroatoms. The second-order valence-electron chi connectivity index (χ2n) is 5.09. The number of esters is 1. The summed E-state index contributed by atoms with van der Waals surface area (Å²) < 4.78 is 22.5. The maximum absolute atomic E-state index is 11.4. The minimum Gasteiger partial charge on any atom is -0.463 e. The normalized spacial score (nSPS) is 20.4. The van der Waals surface area contributed by atoms with Crippen molar-refractivity contribution >= 4 is 18.2 Å². The van der Waals surface area contributed by atoms with Gasteiger partial charge in [0.1, 0.15) is 12.8 Å². The monoisotopic (exact) mass is 332 g/mol. The zero-order valence-corrected chi connectivity index (χ0v) is 13.7. The van der Waals surface area contributed by atoms with Gasteiger partial charge in [0.2, 0.25) is 0 Å². The van der Waals surface area contributed by atoms with Crippen LogP contribution in [0.5, 0.6) is 0 Å². The fraction of sp³-hybridized carbons (Fsp3) is 0.643. The van der Waals surface area contributed by atoms with Crippen molar-refractivity contribution in [1.29, 1.82) is 0 Å². The lowest BCUT2D eigenvalue weighted by Crippen LogP contribution is -2.22. The number of hydrogen-bond acceptors (Lipinski definition) is 5. The lowest BCUT2D eigenvalue weighted by Gasteiger charge is -2.17. The average molecular weight is 332 g/mol. The van der Waals surface area contributed by atoms with E-state index in [9.17, 15) is 14.0 Å². The zero-order valence-electron chi connectivity index (χ0n) is 12.9. The second-order valence-corrected chi connectivity index (χ2v) is 5.48. The maximum atomic E-state index is 11.4. The molecular weight excluding hydrogens is 311 g/mol. The topological polar surface area (TPSA) is 73.3 Å². The van der Waals surface area contributed by atoms with Crippen molar-refractivity contribution < 1.29 is 18.7 Å². The summed E-state index contributed by atoms with van der Waals surface area (Å²) in [5.74, 6) is -0.363. The number of H-pyrrole nitrogens is 1. The number of halogens is 1. The van der Waals surface area contributed by atoms with E-state index in [1.807, 2.05) is 0 Å². The molecule has 0 saturated carbocycles. The first-order valence-corrected chi connectivity index (χ1v) is 7.39. The van der Waals surface area contributed by atoms with Crippen LogP contribution < -0.4 is 5.56 Å². The molecule has 124 valence electrons. The molecule has 0 amide bonds. The summed E-state index contributed by atoms with van der Waals surface area (Å²) >= 11 is 5.10. The molecular formula is C14H21FN2O4S. The van der Waals surface area contributed by atoms with Gasteiger partial charge in [0, 0.05) is 12.3 Å². The standard InChI is InChI=1S/C13H18N2O4S.CH3F/c1-8(2)12(17)18-7-9-3-4-11(19-9)15-6-5-10(16)14-13(15)20;1-2/h5-6,8-9,11H,3-4,7H2,1-2H3,(H,14,16,20);1H3. The highest BCUT2D eigenvalue weighted by molar-refractivity contribution is 7.71. The first-order valence-electron chi connectivity index (χ1n) is 6.98. The van der Waals surface area contributed by atoms with Gasteiger partial charge in [-0.2, -0.15) is 0 Å². The first kappa shape index (κ1) is 18.5. The Morgan fingerprint density at radius 1 is 1.55 bits per heavy atom. The minimum atomic E-state index is -0.230. The number of aromatic amines is 1. The molecule has 2 unspecified atom stereocenters. The Balaban J connectivity index is 0.00000116. The Kier molecular flexibility index (Phi) is 7.40. The summed E-state index contributed by atoms with van der Waals surface area (Å²) in [4.78, 5) is 25.1. The number of alkyl halides is 1. The van der Waals surface area contributed by atoms with E-state index in [-0.39, 0.29) is 36.4 Å². The van der Waals surface area contributed by atoms with Crippen LogP contribution in [0, 0.1) is 10.7 Å². The van der Waals surface area contributed by atoms with Gasteiger partial charge in [-0.3, -0.25) is 23.5 Å². The summed E-state index contributed by atoms with van der Waals surface area (Å²) in [5.41, 5.74) is -0.230. The van der Waals surface area contributed by atoms with Gasteiger partial charge in [-0.25, -0.2) is 0 Å². The van der Waals surface area contributed by atoms with Gasteiger partial charge < -0.3 is 9.47 Å². The smallest absolute Gasteiger partial charge is 0.308 e. The molecule has 0 aliphatic carbocycles. The van der Waals surface area contributed by atoms with Gasteiger partial charge in [0.05, 0.1) is 19.2 Å². The average Bonchev–Trinajstić information content (AvgIpc) is 2.95. The van der Waals surface area contributed by atoms with Gasteiger partial charge in [0.25, 0.3) is 5.56 Å². The third kappa shape index (κ3) is 5.03. The molecule has 0 bridgehead atoms. The van der Waals surface area contributed by atoms with E-state index in [0.717, 1.165) is 12.8 Å². The van der Waals surface area contributed by atoms with Crippen LogP contribution in [0.2, 0.25) is 0 Å². The van der Waals surface area contributed by atoms with Gasteiger partial charge in [0.15, 0.2) is 4.77 Å². The molecule has 0 spiro atoms. The number of aromatic nitrogens is 2. The first-order chi connectivity index (χ1) is 10.5. The third-order valence-corrected chi connectivity index (χ3v) is 3.44. The minimum absolute atomic E-state index is 0.128. The number of hydrogen-bond donors (Lipinski definition) is 1. The Morgan fingerprint density at radius 3 is 2.82 bits per heavy atom. The third-order valence-electron chi connectivity index (χ3n) is 3.13. The van der Waals surface area contributed by atoms with E-state index in [1.165, 1.54) is 6.07 Å². The van der Waals surface area contributed by atoms with Gasteiger partial charge >= 0.3 is 5.97 Å². The molecule has 22 heavy (non-hydrogen) atoms. The Labute approximate surface area is 133 Å². The SMILES string of the molecule is CC(C)C(=O)OCC1CCC(n2ccc(=O)[nH]c2=S)O1.CF. The van der Waals surface area contributed by atoms with E-state index in [1.54, 1.807) is 24.6 Å². The van der Waals surface area contributed by atoms with Gasteiger partial charge in [-0.05, 0) is 25.1 Å². The lowest BCUT2D eigenvalue weighted by molar-refractivity contribution is -0.152. The number of nitrogens with zero attached hydrogens (tertiary/aromatic N) is 1. The maximum Gasteiger partial charge on any atom is 0.308 e. The number of nitrogens with one attached hydrogen (secondary N) is 1. The van der Waals surface area contributed by atoms with E-state index in [2.05, 4.69) is 4.98 Å². The molecule has 6 nitrogen and oxygen atoms in total. The number of rotatable bonds is 4. The molecule has 1 aromatic heterocycles. The van der Waals surface area contributed by atoms with Crippen molar-refractivity contribution in [3.05, 3.63) is 27.4 Å². The van der Waals surface area contributed by atoms with Crippen molar-refractivity contribution in [2.24, 2.45) is 5.92 Å². The number of ether oxygens (including phenoxy) is 2.